The molecule has 0 bridgehead atoms. The van der Waals surface area contributed by atoms with Gasteiger partial charge in [0.2, 0.25) is 0 Å². The van der Waals surface area contributed by atoms with E-state index in [0.29, 0.717) is 39.1 Å². The van der Waals surface area contributed by atoms with Crippen molar-refractivity contribution in [3.63, 3.8) is 0 Å². The van der Waals surface area contributed by atoms with Crippen molar-refractivity contribution in [3.05, 3.63) is 70.8 Å². The molecule has 2 N–H and O–H groups in total. The van der Waals surface area contributed by atoms with Crippen molar-refractivity contribution in [1.82, 2.24) is 9.80 Å². The number of aliphatic hydroxyl groups is 2. The second kappa shape index (κ2) is 22.9. The van der Waals surface area contributed by atoms with E-state index in [1.54, 1.807) is 23.5 Å². The van der Waals surface area contributed by atoms with Gasteiger partial charge in [-0.1, -0.05) is 87.8 Å². The number of aliphatic hydroxyl groups excluding tert-OH is 2. The van der Waals surface area contributed by atoms with Gasteiger partial charge in [-0.15, -0.1) is 0 Å². The van der Waals surface area contributed by atoms with Gasteiger partial charge in [0.1, 0.15) is 25.8 Å². The molecular weight excluding hydrogens is 729 g/mol. The normalized spacial score (nSPS) is 20.1. The van der Waals surface area contributed by atoms with Gasteiger partial charge in [0, 0.05) is 42.5 Å². The molecule has 0 aromatic heterocycles. The highest BCUT2D eigenvalue weighted by atomic mass is 32.2. The van der Waals surface area contributed by atoms with Crippen LogP contribution >= 0.6 is 23.5 Å². The van der Waals surface area contributed by atoms with E-state index >= 15 is 4.79 Å². The number of nitrogens with zero attached hydrogens (tertiary/aromatic N) is 2. The molecule has 4 atom stereocenters. The molecule has 1 heterocycles. The monoisotopic (exact) mass is 794 g/mol. The topological polar surface area (TPSA) is 101 Å². The molecule has 1 aliphatic rings. The lowest BCUT2D eigenvalue weighted by Crippen LogP contribution is -2.52. The zero-order valence-electron chi connectivity index (χ0n) is 33.0. The summed E-state index contributed by atoms with van der Waals surface area (Å²) in [5.74, 6) is 1.68. The Hall–Kier alpha value is -1.40. The number of carbonyl (C=O) groups is 1. The van der Waals surface area contributed by atoms with Crippen molar-refractivity contribution in [1.29, 1.82) is 0 Å². The summed E-state index contributed by atoms with van der Waals surface area (Å²) in [6.45, 7) is 16.2. The molecule has 3 rings (SSSR count). The Morgan fingerprint density at radius 2 is 0.962 bits per heavy atom. The fraction of sp³-hybridized carbons (Fsp3) is 0.667. The summed E-state index contributed by atoms with van der Waals surface area (Å²) in [5.41, 5.74) is 3.61. The minimum atomic E-state index is -1.30. The lowest BCUT2D eigenvalue weighted by atomic mass is 9.94. The van der Waals surface area contributed by atoms with Gasteiger partial charge in [-0.2, -0.15) is 23.5 Å². The Morgan fingerprint density at radius 1 is 0.615 bits per heavy atom. The van der Waals surface area contributed by atoms with Crippen molar-refractivity contribution < 1.29 is 34.0 Å². The third kappa shape index (κ3) is 15.4. The second-order valence-electron chi connectivity index (χ2n) is 16.1. The molecule has 0 unspecified atom stereocenters. The number of hydrogen-bond donors (Lipinski definition) is 2. The molecule has 52 heavy (non-hydrogen) atoms. The average Bonchev–Trinajstić information content (AvgIpc) is 3.18. The van der Waals surface area contributed by atoms with Crippen LogP contribution in [0.25, 0.3) is 0 Å². The van der Waals surface area contributed by atoms with E-state index in [4.69, 9.17) is 18.9 Å². The minimum Gasteiger partial charge on any atom is -0.392 e. The highest BCUT2D eigenvalue weighted by Gasteiger charge is 2.48. The fourth-order valence-corrected chi connectivity index (χ4v) is 8.63. The lowest BCUT2D eigenvalue weighted by molar-refractivity contribution is -0.188. The van der Waals surface area contributed by atoms with Crippen LogP contribution in [0, 0.1) is 0 Å². The van der Waals surface area contributed by atoms with E-state index in [2.05, 4.69) is 51.8 Å². The predicted molar refractivity (Wildman–Crippen MR) is 222 cm³/mol. The Labute approximate surface area is 324 Å². The van der Waals surface area contributed by atoms with Gasteiger partial charge in [0.05, 0.1) is 25.3 Å². The van der Waals surface area contributed by atoms with Gasteiger partial charge in [0.25, 0.3) is 0 Å². The van der Waals surface area contributed by atoms with Crippen LogP contribution in [0.1, 0.15) is 35.1 Å². The number of benzene rings is 2. The first-order valence-corrected chi connectivity index (χ1v) is 28.8. The largest absolute Gasteiger partial charge is 0.392 e. The number of ether oxygens (including phenoxy) is 4. The van der Waals surface area contributed by atoms with Gasteiger partial charge in [-0.05, 0) is 71.2 Å². The van der Waals surface area contributed by atoms with Crippen molar-refractivity contribution in [2.75, 3.05) is 50.8 Å². The maximum absolute atomic E-state index is 15.2. The molecular formula is C39H66N2O7S2Si2. The third-order valence-corrected chi connectivity index (χ3v) is 14.1. The summed E-state index contributed by atoms with van der Waals surface area (Å²) in [6, 6.07) is 17.1. The molecule has 1 fully saturated rings. The number of carbonyl (C=O) groups excluding carboxylic acids is 1. The molecule has 2 amide bonds. The summed E-state index contributed by atoms with van der Waals surface area (Å²) in [4.78, 5) is 19.2. The minimum absolute atomic E-state index is 0.0358. The molecule has 0 spiro atoms. The molecule has 2 aromatic rings. The highest BCUT2D eigenvalue weighted by Crippen LogP contribution is 2.34. The summed E-state index contributed by atoms with van der Waals surface area (Å²) in [6.07, 6.45) is 4.66. The van der Waals surface area contributed by atoms with Gasteiger partial charge in [-0.3, -0.25) is 0 Å². The van der Waals surface area contributed by atoms with E-state index < -0.39 is 28.4 Å². The van der Waals surface area contributed by atoms with Crippen LogP contribution < -0.4 is 0 Å². The Bertz CT molecular complexity index is 1200. The maximum atomic E-state index is 15.2. The first kappa shape index (κ1) is 45.0. The van der Waals surface area contributed by atoms with Gasteiger partial charge in [-0.25, -0.2) is 4.79 Å². The van der Waals surface area contributed by atoms with Gasteiger partial charge < -0.3 is 39.0 Å². The number of thioether (sulfide) groups is 2. The van der Waals surface area contributed by atoms with E-state index in [1.807, 2.05) is 58.3 Å². The predicted octanol–water partition coefficient (Wildman–Crippen LogP) is 7.75. The summed E-state index contributed by atoms with van der Waals surface area (Å²) in [7, 11) is -2.60. The van der Waals surface area contributed by atoms with E-state index in [9.17, 15) is 10.2 Å². The molecule has 2 aromatic carbocycles. The van der Waals surface area contributed by atoms with Crippen molar-refractivity contribution >= 4 is 45.7 Å². The summed E-state index contributed by atoms with van der Waals surface area (Å²) < 4.78 is 26.0. The van der Waals surface area contributed by atoms with Crippen LogP contribution in [0.4, 0.5) is 4.79 Å². The average molecular weight is 795 g/mol. The van der Waals surface area contributed by atoms with Crippen LogP contribution in [0.15, 0.2) is 48.5 Å². The number of amides is 2. The van der Waals surface area contributed by atoms with Crippen LogP contribution in [-0.4, -0.2) is 117 Å². The first-order valence-electron chi connectivity index (χ1n) is 18.6. The zero-order valence-corrected chi connectivity index (χ0v) is 36.6. The molecule has 9 nitrogen and oxygen atoms in total. The SMILES string of the molecule is CSCC[C@@H]1[C@H](OCOCC[Si](C)(C)C)[C@@H](OCOCC[Si](C)(C)C)[C@@H](CCSC)N(Cc2ccc(CO)cc2)C(=O)N1Cc1ccc(CO)cc1. The van der Waals surface area contributed by atoms with Gasteiger partial charge >= 0.3 is 6.03 Å². The van der Waals surface area contributed by atoms with Gasteiger partial charge in [0.15, 0.2) is 0 Å². The Balaban J connectivity index is 2.12. The number of urea groups is 1. The number of rotatable bonds is 24. The molecule has 294 valence electrons. The standard InChI is InChI=1S/C39H66N2O7S2Si2/c1-49-21-17-35-37(47-29-45-19-23-51(3,4)5)38(48-30-46-20-24-52(6,7)8)36(18-22-50-2)41(26-32-11-15-34(28-43)16-12-32)39(44)40(35)25-31-9-13-33(27-42)14-10-31/h9-16,35-38,42-43H,17-30H2,1-8H3/t35-,36-,37+,38+/m1/s1. The van der Waals surface area contributed by atoms with E-state index in [-0.39, 0.29) is 44.9 Å². The van der Waals surface area contributed by atoms with Crippen LogP contribution in [0.5, 0.6) is 0 Å². The lowest BCUT2D eigenvalue weighted by Gasteiger charge is -2.38. The molecule has 1 saturated heterocycles. The van der Waals surface area contributed by atoms with Crippen molar-refractivity contribution in [2.24, 2.45) is 0 Å². The first-order chi connectivity index (χ1) is 24.8. The fourth-order valence-electron chi connectivity index (χ4n) is 6.16. The maximum Gasteiger partial charge on any atom is 0.321 e. The Kier molecular flexibility index (Phi) is 19.8. The van der Waals surface area contributed by atoms with Crippen LogP contribution in [0.2, 0.25) is 51.4 Å². The second-order valence-corrected chi connectivity index (χ2v) is 29.3. The van der Waals surface area contributed by atoms with Crippen LogP contribution in [0.3, 0.4) is 0 Å². The third-order valence-electron chi connectivity index (χ3n) is 9.41. The molecule has 0 aliphatic carbocycles. The summed E-state index contributed by atoms with van der Waals surface area (Å²) in [5, 5.41) is 19.4. The highest BCUT2D eigenvalue weighted by molar-refractivity contribution is 7.98. The van der Waals surface area contributed by atoms with Crippen molar-refractivity contribution in [3.8, 4) is 0 Å². The quantitative estimate of drug-likeness (QED) is 0.0628. The van der Waals surface area contributed by atoms with E-state index in [0.717, 1.165) is 45.8 Å². The summed E-state index contributed by atoms with van der Waals surface area (Å²) >= 11 is 3.51. The molecule has 0 radical (unpaired) electrons. The molecule has 13 heteroatoms. The Morgan fingerprint density at radius 3 is 1.27 bits per heavy atom. The van der Waals surface area contributed by atoms with Crippen LogP contribution in [-0.2, 0) is 45.3 Å². The van der Waals surface area contributed by atoms with Crippen molar-refractivity contribution in [2.45, 2.75) is 115 Å². The number of hydrogen-bond acceptors (Lipinski definition) is 9. The molecule has 1 aliphatic heterocycles. The zero-order chi connectivity index (χ0) is 38.1. The molecule has 0 saturated carbocycles. The van der Waals surface area contributed by atoms with E-state index in [1.165, 1.54) is 0 Å². The smallest absolute Gasteiger partial charge is 0.321 e.